The zero-order valence-corrected chi connectivity index (χ0v) is 11.1. The van der Waals surface area contributed by atoms with Gasteiger partial charge in [-0.25, -0.2) is 8.42 Å². The number of nitrogens with one attached hydrogen (secondary N) is 1. The molecule has 0 radical (unpaired) electrons. The summed E-state index contributed by atoms with van der Waals surface area (Å²) < 4.78 is 25.6. The fourth-order valence-corrected chi connectivity index (χ4v) is 3.60. The molecule has 102 valence electrons. The number of aromatic amines is 1. The van der Waals surface area contributed by atoms with Crippen molar-refractivity contribution in [3.8, 4) is 0 Å². The molecule has 7 nitrogen and oxygen atoms in total. The number of rotatable bonds is 4. The van der Waals surface area contributed by atoms with Crippen LogP contribution in [0.4, 0.5) is 5.82 Å². The molecule has 1 heterocycles. The van der Waals surface area contributed by atoms with Crippen LogP contribution in [0, 0.1) is 0 Å². The fourth-order valence-electron chi connectivity index (χ4n) is 2.35. The van der Waals surface area contributed by atoms with Crippen molar-refractivity contribution in [2.24, 2.45) is 0 Å². The largest absolute Gasteiger partial charge is 0.389 e. The summed E-state index contributed by atoms with van der Waals surface area (Å²) in [5, 5.41) is 16.2. The van der Waals surface area contributed by atoms with E-state index in [1.54, 1.807) is 0 Å². The average molecular weight is 274 g/mol. The van der Waals surface area contributed by atoms with Gasteiger partial charge in [0.2, 0.25) is 10.0 Å². The van der Waals surface area contributed by atoms with Gasteiger partial charge in [0.1, 0.15) is 10.7 Å². The van der Waals surface area contributed by atoms with E-state index in [2.05, 4.69) is 10.2 Å². The lowest BCUT2D eigenvalue weighted by Gasteiger charge is -2.27. The van der Waals surface area contributed by atoms with Crippen LogP contribution in [0.25, 0.3) is 0 Å². The van der Waals surface area contributed by atoms with Gasteiger partial charge in [0.15, 0.2) is 0 Å². The zero-order valence-electron chi connectivity index (χ0n) is 10.3. The predicted molar refractivity (Wildman–Crippen MR) is 66.2 cm³/mol. The molecule has 0 bridgehead atoms. The molecule has 0 aliphatic heterocycles. The van der Waals surface area contributed by atoms with E-state index in [9.17, 15) is 13.5 Å². The summed E-state index contributed by atoms with van der Waals surface area (Å²) in [6.07, 6.45) is 4.30. The van der Waals surface area contributed by atoms with Crippen molar-refractivity contribution in [2.75, 3.05) is 19.3 Å². The Kier molecular flexibility index (Phi) is 3.35. The third kappa shape index (κ3) is 2.36. The van der Waals surface area contributed by atoms with Crippen molar-refractivity contribution >= 4 is 15.8 Å². The minimum atomic E-state index is -3.70. The number of nitrogen functional groups attached to an aromatic ring is 1. The third-order valence-corrected chi connectivity index (χ3v) is 5.20. The highest BCUT2D eigenvalue weighted by Crippen LogP contribution is 2.31. The van der Waals surface area contributed by atoms with Crippen LogP contribution in [0.2, 0.25) is 0 Å². The minimum Gasteiger partial charge on any atom is -0.389 e. The van der Waals surface area contributed by atoms with Gasteiger partial charge in [-0.05, 0) is 12.8 Å². The van der Waals surface area contributed by atoms with Crippen molar-refractivity contribution in [2.45, 2.75) is 36.2 Å². The number of anilines is 1. The highest BCUT2D eigenvalue weighted by Gasteiger charge is 2.36. The summed E-state index contributed by atoms with van der Waals surface area (Å²) in [4.78, 5) is -0.0494. The Balaban J connectivity index is 2.18. The minimum absolute atomic E-state index is 0.0141. The number of H-pyrrole nitrogens is 1. The molecular formula is C10H18N4O3S. The zero-order chi connectivity index (χ0) is 13.4. The Bertz CT molecular complexity index is 519. The first-order valence-corrected chi connectivity index (χ1v) is 7.27. The van der Waals surface area contributed by atoms with Crippen LogP contribution < -0.4 is 5.73 Å². The second-order valence-electron chi connectivity index (χ2n) is 4.84. The number of nitrogens with two attached hydrogens (primary N) is 1. The average Bonchev–Trinajstić information content (AvgIpc) is 2.87. The number of hydrogen-bond acceptors (Lipinski definition) is 5. The van der Waals surface area contributed by atoms with Gasteiger partial charge >= 0.3 is 0 Å². The van der Waals surface area contributed by atoms with Gasteiger partial charge in [0.25, 0.3) is 0 Å². The Morgan fingerprint density at radius 1 is 1.56 bits per heavy atom. The van der Waals surface area contributed by atoms with Gasteiger partial charge in [0, 0.05) is 13.6 Å². The van der Waals surface area contributed by atoms with Crippen LogP contribution in [-0.2, 0) is 10.0 Å². The number of sulfonamides is 1. The number of hydrogen-bond donors (Lipinski definition) is 3. The van der Waals surface area contributed by atoms with Gasteiger partial charge in [-0.1, -0.05) is 12.8 Å². The maximum Gasteiger partial charge on any atom is 0.248 e. The first-order chi connectivity index (χ1) is 8.35. The molecule has 2 rings (SSSR count). The van der Waals surface area contributed by atoms with E-state index in [1.165, 1.54) is 13.2 Å². The molecule has 0 amide bonds. The van der Waals surface area contributed by atoms with Gasteiger partial charge < -0.3 is 10.8 Å². The van der Waals surface area contributed by atoms with Gasteiger partial charge in [-0.2, -0.15) is 9.40 Å². The summed E-state index contributed by atoms with van der Waals surface area (Å²) in [7, 11) is -2.25. The van der Waals surface area contributed by atoms with Crippen LogP contribution in [0.3, 0.4) is 0 Å². The summed E-state index contributed by atoms with van der Waals surface area (Å²) >= 11 is 0. The molecule has 1 fully saturated rings. The number of likely N-dealkylation sites (N-methyl/N-ethyl adjacent to an activating group) is 1. The topological polar surface area (TPSA) is 112 Å². The molecule has 0 spiro atoms. The third-order valence-electron chi connectivity index (χ3n) is 3.37. The van der Waals surface area contributed by atoms with E-state index in [4.69, 9.17) is 5.73 Å². The molecular weight excluding hydrogens is 256 g/mol. The fraction of sp³-hybridized carbons (Fsp3) is 0.700. The standard InChI is InChI=1S/C10H18N4O3S/c1-14(7-10(15)4-2-3-5-10)18(16,17)8-6-12-13-9(8)11/h6,15H,2-5,7H2,1H3,(H3,11,12,13). The van der Waals surface area contributed by atoms with Crippen LogP contribution >= 0.6 is 0 Å². The normalized spacial score (nSPS) is 19.5. The van der Waals surface area contributed by atoms with Crippen molar-refractivity contribution in [1.82, 2.24) is 14.5 Å². The lowest BCUT2D eigenvalue weighted by molar-refractivity contribution is 0.0333. The molecule has 8 heteroatoms. The van der Waals surface area contributed by atoms with Crippen molar-refractivity contribution in [3.63, 3.8) is 0 Å². The molecule has 0 aromatic carbocycles. The highest BCUT2D eigenvalue weighted by molar-refractivity contribution is 7.89. The Morgan fingerprint density at radius 3 is 2.67 bits per heavy atom. The van der Waals surface area contributed by atoms with Crippen molar-refractivity contribution < 1.29 is 13.5 Å². The first-order valence-electron chi connectivity index (χ1n) is 5.83. The molecule has 4 N–H and O–H groups in total. The molecule has 0 atom stereocenters. The lowest BCUT2D eigenvalue weighted by atomic mass is 10.0. The monoisotopic (exact) mass is 274 g/mol. The summed E-state index contributed by atoms with van der Waals surface area (Å²) in [6, 6.07) is 0. The molecule has 1 aliphatic carbocycles. The van der Waals surface area contributed by atoms with Crippen LogP contribution in [-0.4, -0.2) is 47.2 Å². The molecule has 0 saturated heterocycles. The summed E-state index contributed by atoms with van der Waals surface area (Å²) in [5.41, 5.74) is 4.60. The molecule has 1 saturated carbocycles. The molecule has 1 aromatic rings. The summed E-state index contributed by atoms with van der Waals surface area (Å²) in [5.74, 6) is 0.0141. The van der Waals surface area contributed by atoms with E-state index in [-0.39, 0.29) is 17.3 Å². The van der Waals surface area contributed by atoms with Crippen molar-refractivity contribution in [1.29, 1.82) is 0 Å². The highest BCUT2D eigenvalue weighted by atomic mass is 32.2. The molecule has 1 aromatic heterocycles. The van der Waals surface area contributed by atoms with Crippen LogP contribution in [0.1, 0.15) is 25.7 Å². The van der Waals surface area contributed by atoms with E-state index in [0.717, 1.165) is 17.1 Å². The van der Waals surface area contributed by atoms with Gasteiger partial charge in [-0.15, -0.1) is 0 Å². The second kappa shape index (κ2) is 4.52. The van der Waals surface area contributed by atoms with Crippen LogP contribution in [0.15, 0.2) is 11.1 Å². The first kappa shape index (κ1) is 13.3. The number of aromatic nitrogens is 2. The molecule has 1 aliphatic rings. The Labute approximate surface area is 106 Å². The van der Waals surface area contributed by atoms with E-state index < -0.39 is 15.6 Å². The Morgan fingerprint density at radius 2 is 2.17 bits per heavy atom. The SMILES string of the molecule is CN(CC1(O)CCCC1)S(=O)(=O)c1cn[nH]c1N. The van der Waals surface area contributed by atoms with Gasteiger partial charge in [-0.3, -0.25) is 5.10 Å². The van der Waals surface area contributed by atoms with Crippen LogP contribution in [0.5, 0.6) is 0 Å². The predicted octanol–water partition coefficient (Wildman–Crippen LogP) is -0.0825. The van der Waals surface area contributed by atoms with Gasteiger partial charge in [0.05, 0.1) is 11.8 Å². The van der Waals surface area contributed by atoms with Crippen molar-refractivity contribution in [3.05, 3.63) is 6.20 Å². The molecule has 0 unspecified atom stereocenters. The molecule has 18 heavy (non-hydrogen) atoms. The lowest BCUT2D eigenvalue weighted by Crippen LogP contribution is -2.42. The number of aliphatic hydroxyl groups is 1. The van der Waals surface area contributed by atoms with E-state index in [1.807, 2.05) is 0 Å². The number of nitrogens with zero attached hydrogens (tertiary/aromatic N) is 2. The second-order valence-corrected chi connectivity index (χ2v) is 6.85. The quantitative estimate of drug-likeness (QED) is 0.710. The maximum atomic E-state index is 12.2. The summed E-state index contributed by atoms with van der Waals surface area (Å²) in [6.45, 7) is 0.0833. The maximum absolute atomic E-state index is 12.2. The van der Waals surface area contributed by atoms with E-state index in [0.29, 0.717) is 12.8 Å². The smallest absolute Gasteiger partial charge is 0.248 e. The Hall–Kier alpha value is -1.12. The van der Waals surface area contributed by atoms with E-state index >= 15 is 0 Å².